The number of hydrogen-bond donors (Lipinski definition) is 2. The highest BCUT2D eigenvalue weighted by Gasteiger charge is 2.28. The fourth-order valence-electron chi connectivity index (χ4n) is 1.45. The van der Waals surface area contributed by atoms with Crippen molar-refractivity contribution in [2.75, 3.05) is 13.1 Å². The van der Waals surface area contributed by atoms with Gasteiger partial charge in [-0.1, -0.05) is 0 Å². The highest BCUT2D eigenvalue weighted by atomic mass is 19.4. The minimum Gasteiger partial charge on any atom is -0.346 e. The van der Waals surface area contributed by atoms with Crippen molar-refractivity contribution in [3.05, 3.63) is 18.0 Å². The first-order valence-corrected chi connectivity index (χ1v) is 5.84. The zero-order valence-corrected chi connectivity index (χ0v) is 10.8. The zero-order chi connectivity index (χ0) is 14.5. The Morgan fingerprint density at radius 1 is 1.53 bits per heavy atom. The van der Waals surface area contributed by atoms with Crippen LogP contribution in [0.2, 0.25) is 0 Å². The summed E-state index contributed by atoms with van der Waals surface area (Å²) in [7, 11) is 1.80. The molecule has 1 aromatic heterocycles. The molecule has 19 heavy (non-hydrogen) atoms. The first-order valence-electron chi connectivity index (χ1n) is 5.84. The molecule has 8 heteroatoms. The number of carbonyl (C=O) groups is 1. The highest BCUT2D eigenvalue weighted by molar-refractivity contribution is 5.81. The number of rotatable bonds is 6. The summed E-state index contributed by atoms with van der Waals surface area (Å²) in [6.45, 7) is 0.680. The summed E-state index contributed by atoms with van der Waals surface area (Å²) in [5.41, 5.74) is 0.859. The van der Waals surface area contributed by atoms with Crippen molar-refractivity contribution in [3.8, 4) is 0 Å². The molecule has 0 spiro atoms. The van der Waals surface area contributed by atoms with Gasteiger partial charge in [0.2, 0.25) is 5.91 Å². The van der Waals surface area contributed by atoms with Crippen LogP contribution in [-0.4, -0.2) is 41.0 Å². The van der Waals surface area contributed by atoms with E-state index < -0.39 is 24.7 Å². The molecule has 0 saturated carbocycles. The van der Waals surface area contributed by atoms with E-state index in [-0.39, 0.29) is 0 Å². The molecule has 1 amide bonds. The van der Waals surface area contributed by atoms with Gasteiger partial charge in [0, 0.05) is 26.2 Å². The van der Waals surface area contributed by atoms with Crippen LogP contribution in [0.3, 0.4) is 0 Å². The predicted molar refractivity (Wildman–Crippen MR) is 63.4 cm³/mol. The largest absolute Gasteiger partial charge is 0.405 e. The average molecular weight is 278 g/mol. The molecule has 0 fully saturated rings. The van der Waals surface area contributed by atoms with E-state index in [4.69, 9.17) is 0 Å². The number of halogens is 3. The Hall–Kier alpha value is -1.57. The molecule has 1 atom stereocenters. The standard InChI is InChI=1S/C11H17F3N4O/c1-8(10(19)16-7-11(12,13)14)15-5-3-9-4-6-18(2)17-9/h4,6,8,15H,3,5,7H2,1-2H3,(H,16,19). The molecule has 0 aliphatic rings. The van der Waals surface area contributed by atoms with Crippen LogP contribution in [0.25, 0.3) is 0 Å². The number of nitrogens with one attached hydrogen (secondary N) is 2. The second-order valence-corrected chi connectivity index (χ2v) is 4.24. The Bertz CT molecular complexity index is 416. The van der Waals surface area contributed by atoms with Gasteiger partial charge in [0.1, 0.15) is 6.54 Å². The van der Waals surface area contributed by atoms with Crippen LogP contribution in [0, 0.1) is 0 Å². The summed E-state index contributed by atoms with van der Waals surface area (Å²) in [5.74, 6) is -0.668. The highest BCUT2D eigenvalue weighted by Crippen LogP contribution is 2.12. The van der Waals surface area contributed by atoms with Crippen LogP contribution in [-0.2, 0) is 18.3 Å². The fourth-order valence-corrected chi connectivity index (χ4v) is 1.45. The molecule has 1 unspecified atom stereocenters. The molecule has 0 aliphatic carbocycles. The summed E-state index contributed by atoms with van der Waals surface area (Å²) in [5, 5.41) is 8.83. The Morgan fingerprint density at radius 2 is 2.21 bits per heavy atom. The van der Waals surface area contributed by atoms with E-state index in [1.165, 1.54) is 6.92 Å². The van der Waals surface area contributed by atoms with Crippen molar-refractivity contribution < 1.29 is 18.0 Å². The van der Waals surface area contributed by atoms with Crippen LogP contribution in [0.4, 0.5) is 13.2 Å². The van der Waals surface area contributed by atoms with E-state index in [0.717, 1.165) is 5.69 Å². The molecule has 2 N–H and O–H groups in total. The van der Waals surface area contributed by atoms with E-state index in [1.807, 2.05) is 11.4 Å². The maximum atomic E-state index is 11.9. The molecule has 0 radical (unpaired) electrons. The lowest BCUT2D eigenvalue weighted by molar-refractivity contribution is -0.139. The third kappa shape index (κ3) is 6.23. The smallest absolute Gasteiger partial charge is 0.346 e. The van der Waals surface area contributed by atoms with Gasteiger partial charge in [0.25, 0.3) is 0 Å². The number of aromatic nitrogens is 2. The van der Waals surface area contributed by atoms with Gasteiger partial charge < -0.3 is 10.6 Å². The summed E-state index contributed by atoms with van der Waals surface area (Å²) < 4.78 is 37.4. The average Bonchev–Trinajstić information content (AvgIpc) is 2.71. The van der Waals surface area contributed by atoms with Crippen molar-refractivity contribution in [2.45, 2.75) is 25.6 Å². The number of aryl methyl sites for hydroxylation is 1. The van der Waals surface area contributed by atoms with Crippen molar-refractivity contribution in [1.29, 1.82) is 0 Å². The van der Waals surface area contributed by atoms with E-state index in [1.54, 1.807) is 17.9 Å². The molecular formula is C11H17F3N4O. The van der Waals surface area contributed by atoms with Crippen LogP contribution in [0.5, 0.6) is 0 Å². The lowest BCUT2D eigenvalue weighted by Crippen LogP contribution is -2.45. The molecule has 0 saturated heterocycles. The first kappa shape index (κ1) is 15.5. The third-order valence-corrected chi connectivity index (χ3v) is 2.46. The molecule has 108 valence electrons. The van der Waals surface area contributed by atoms with Crippen molar-refractivity contribution >= 4 is 5.91 Å². The molecule has 0 aromatic carbocycles. The summed E-state index contributed by atoms with van der Waals surface area (Å²) in [6.07, 6.45) is -1.98. The van der Waals surface area contributed by atoms with E-state index in [2.05, 4.69) is 10.4 Å². The molecular weight excluding hydrogens is 261 g/mol. The van der Waals surface area contributed by atoms with Crippen LogP contribution < -0.4 is 10.6 Å². The van der Waals surface area contributed by atoms with Gasteiger partial charge in [-0.2, -0.15) is 18.3 Å². The second-order valence-electron chi connectivity index (χ2n) is 4.24. The molecule has 0 aliphatic heterocycles. The normalized spacial score (nSPS) is 13.3. The van der Waals surface area contributed by atoms with E-state index >= 15 is 0 Å². The lowest BCUT2D eigenvalue weighted by atomic mass is 10.2. The van der Waals surface area contributed by atoms with Crippen LogP contribution in [0.15, 0.2) is 12.3 Å². The minimum absolute atomic E-state index is 0.470. The Labute approximate surface area is 109 Å². The van der Waals surface area contributed by atoms with E-state index in [9.17, 15) is 18.0 Å². The van der Waals surface area contributed by atoms with Gasteiger partial charge in [0.05, 0.1) is 11.7 Å². The Kier molecular flexibility index (Phi) is 5.34. The summed E-state index contributed by atoms with van der Waals surface area (Å²) in [4.78, 5) is 11.3. The lowest BCUT2D eigenvalue weighted by Gasteiger charge is -2.14. The predicted octanol–water partition coefficient (Wildman–Crippen LogP) is 0.619. The topological polar surface area (TPSA) is 59.0 Å². The van der Waals surface area contributed by atoms with Crippen molar-refractivity contribution in [2.24, 2.45) is 7.05 Å². The summed E-state index contributed by atoms with van der Waals surface area (Å²) in [6, 6.07) is 1.17. The monoisotopic (exact) mass is 278 g/mol. The van der Waals surface area contributed by atoms with Gasteiger partial charge >= 0.3 is 6.18 Å². The van der Waals surface area contributed by atoms with Crippen LogP contribution >= 0.6 is 0 Å². The molecule has 1 aromatic rings. The third-order valence-electron chi connectivity index (χ3n) is 2.46. The van der Waals surface area contributed by atoms with Gasteiger partial charge in [0.15, 0.2) is 0 Å². The Morgan fingerprint density at radius 3 is 2.74 bits per heavy atom. The molecule has 1 heterocycles. The maximum Gasteiger partial charge on any atom is 0.405 e. The quantitative estimate of drug-likeness (QED) is 0.802. The number of hydrogen-bond acceptors (Lipinski definition) is 3. The van der Waals surface area contributed by atoms with Crippen molar-refractivity contribution in [1.82, 2.24) is 20.4 Å². The number of nitrogens with zero attached hydrogens (tertiary/aromatic N) is 2. The number of carbonyl (C=O) groups excluding carboxylic acids is 1. The minimum atomic E-state index is -4.39. The first-order chi connectivity index (χ1) is 8.78. The van der Waals surface area contributed by atoms with Crippen LogP contribution in [0.1, 0.15) is 12.6 Å². The van der Waals surface area contributed by atoms with Crippen molar-refractivity contribution in [3.63, 3.8) is 0 Å². The molecule has 5 nitrogen and oxygen atoms in total. The number of amides is 1. The van der Waals surface area contributed by atoms with Gasteiger partial charge in [-0.05, 0) is 13.0 Å². The van der Waals surface area contributed by atoms with Gasteiger partial charge in [-0.15, -0.1) is 0 Å². The van der Waals surface area contributed by atoms with E-state index in [0.29, 0.717) is 13.0 Å². The molecule has 0 bridgehead atoms. The van der Waals surface area contributed by atoms with Gasteiger partial charge in [-0.3, -0.25) is 9.48 Å². The SMILES string of the molecule is CC(NCCc1ccn(C)n1)C(=O)NCC(F)(F)F. The zero-order valence-electron chi connectivity index (χ0n) is 10.8. The fraction of sp³-hybridized carbons (Fsp3) is 0.636. The second kappa shape index (κ2) is 6.55. The maximum absolute atomic E-state index is 11.9. The molecule has 1 rings (SSSR count). The Balaban J connectivity index is 2.23. The number of alkyl halides is 3. The van der Waals surface area contributed by atoms with Gasteiger partial charge in [-0.25, -0.2) is 0 Å². The summed E-state index contributed by atoms with van der Waals surface area (Å²) >= 11 is 0.